The zero-order valence-corrected chi connectivity index (χ0v) is 17.3. The van der Waals surface area contributed by atoms with Crippen LogP contribution in [0.3, 0.4) is 0 Å². The van der Waals surface area contributed by atoms with Crippen molar-refractivity contribution in [1.29, 1.82) is 0 Å². The number of aromatic nitrogens is 4. The SMILES string of the molecule is COCCn1cnc2cc(N3CCN(c4ncnc5c4CCC5)CC3)ccc2c1=O. The van der Waals surface area contributed by atoms with Crippen molar-refractivity contribution in [2.24, 2.45) is 0 Å². The molecule has 5 rings (SSSR count). The maximum Gasteiger partial charge on any atom is 0.261 e. The first kappa shape index (κ1) is 19.0. The molecule has 0 N–H and O–H groups in total. The van der Waals surface area contributed by atoms with Gasteiger partial charge in [0.25, 0.3) is 5.56 Å². The lowest BCUT2D eigenvalue weighted by atomic mass is 10.1. The van der Waals surface area contributed by atoms with Crippen molar-refractivity contribution in [2.75, 3.05) is 49.7 Å². The fourth-order valence-electron chi connectivity index (χ4n) is 4.48. The molecule has 0 spiro atoms. The fourth-order valence-corrected chi connectivity index (χ4v) is 4.48. The average Bonchev–Trinajstić information content (AvgIpc) is 3.28. The number of aryl methyl sites for hydroxylation is 1. The number of anilines is 2. The summed E-state index contributed by atoms with van der Waals surface area (Å²) >= 11 is 0. The zero-order valence-electron chi connectivity index (χ0n) is 17.3. The molecule has 0 unspecified atom stereocenters. The van der Waals surface area contributed by atoms with Crippen LogP contribution < -0.4 is 15.4 Å². The first-order valence-electron chi connectivity index (χ1n) is 10.6. The highest BCUT2D eigenvalue weighted by Gasteiger charge is 2.24. The van der Waals surface area contributed by atoms with E-state index in [1.807, 2.05) is 18.2 Å². The monoisotopic (exact) mass is 406 g/mol. The highest BCUT2D eigenvalue weighted by atomic mass is 16.5. The third-order valence-corrected chi connectivity index (χ3v) is 6.14. The number of rotatable bonds is 5. The zero-order chi connectivity index (χ0) is 20.5. The number of hydrogen-bond donors (Lipinski definition) is 0. The fraction of sp³-hybridized carbons (Fsp3) is 0.455. The van der Waals surface area contributed by atoms with Crippen molar-refractivity contribution < 1.29 is 4.74 Å². The molecule has 1 fully saturated rings. The lowest BCUT2D eigenvalue weighted by molar-refractivity contribution is 0.186. The summed E-state index contributed by atoms with van der Waals surface area (Å²) in [6.07, 6.45) is 6.66. The van der Waals surface area contributed by atoms with E-state index >= 15 is 0 Å². The summed E-state index contributed by atoms with van der Waals surface area (Å²) in [5, 5.41) is 0.646. The standard InChI is InChI=1S/C22H26N6O2/c1-30-12-11-28-15-25-20-13-16(5-6-18(20)22(28)29)26-7-9-27(10-8-26)21-17-3-2-4-19(17)23-14-24-21/h5-6,13-15H,2-4,7-12H2,1H3. The van der Waals surface area contributed by atoms with Gasteiger partial charge >= 0.3 is 0 Å². The lowest BCUT2D eigenvalue weighted by Gasteiger charge is -2.37. The van der Waals surface area contributed by atoms with Crippen molar-refractivity contribution in [3.05, 3.63) is 52.5 Å². The van der Waals surface area contributed by atoms with E-state index in [1.54, 1.807) is 24.3 Å². The van der Waals surface area contributed by atoms with Crippen molar-refractivity contribution in [3.63, 3.8) is 0 Å². The Labute approximate surface area is 175 Å². The highest BCUT2D eigenvalue weighted by molar-refractivity contribution is 5.81. The molecule has 30 heavy (non-hydrogen) atoms. The Hall–Kier alpha value is -3.00. The Morgan fingerprint density at radius 3 is 2.70 bits per heavy atom. The van der Waals surface area contributed by atoms with Crippen LogP contribution in [0.1, 0.15) is 17.7 Å². The van der Waals surface area contributed by atoms with E-state index in [2.05, 4.69) is 24.8 Å². The topological polar surface area (TPSA) is 76.4 Å². The van der Waals surface area contributed by atoms with Gasteiger partial charge in [-0.1, -0.05) is 0 Å². The summed E-state index contributed by atoms with van der Waals surface area (Å²) in [5.74, 6) is 1.12. The second-order valence-corrected chi connectivity index (χ2v) is 7.89. The van der Waals surface area contributed by atoms with Crippen molar-refractivity contribution in [1.82, 2.24) is 19.5 Å². The van der Waals surface area contributed by atoms with Gasteiger partial charge in [0.1, 0.15) is 12.1 Å². The minimum absolute atomic E-state index is 0.0222. The molecule has 8 nitrogen and oxygen atoms in total. The summed E-state index contributed by atoms with van der Waals surface area (Å²) < 4.78 is 6.67. The number of piperazine rings is 1. The molecule has 3 aromatic rings. The van der Waals surface area contributed by atoms with Crippen molar-refractivity contribution >= 4 is 22.4 Å². The molecule has 1 aliphatic heterocycles. The van der Waals surface area contributed by atoms with E-state index in [9.17, 15) is 4.79 Å². The predicted octanol–water partition coefficient (Wildman–Crippen LogP) is 1.65. The van der Waals surface area contributed by atoms with E-state index in [4.69, 9.17) is 4.74 Å². The lowest BCUT2D eigenvalue weighted by Crippen LogP contribution is -2.47. The second-order valence-electron chi connectivity index (χ2n) is 7.89. The molecule has 0 radical (unpaired) electrons. The van der Waals surface area contributed by atoms with E-state index in [0.717, 1.165) is 56.0 Å². The summed E-state index contributed by atoms with van der Waals surface area (Å²) in [7, 11) is 1.63. The summed E-state index contributed by atoms with van der Waals surface area (Å²) in [6.45, 7) is 4.67. The molecule has 156 valence electrons. The van der Waals surface area contributed by atoms with Gasteiger partial charge in [-0.15, -0.1) is 0 Å². The van der Waals surface area contributed by atoms with Crippen LogP contribution in [0, 0.1) is 0 Å². The van der Waals surface area contributed by atoms with Gasteiger partial charge in [-0.05, 0) is 37.5 Å². The number of benzene rings is 1. The molecule has 0 bridgehead atoms. The molecular formula is C22H26N6O2. The Morgan fingerprint density at radius 2 is 1.87 bits per heavy atom. The maximum atomic E-state index is 12.6. The van der Waals surface area contributed by atoms with Crippen LogP contribution in [-0.2, 0) is 24.1 Å². The minimum atomic E-state index is -0.0222. The molecule has 3 heterocycles. The largest absolute Gasteiger partial charge is 0.383 e. The third-order valence-electron chi connectivity index (χ3n) is 6.14. The number of ether oxygens (including phenoxy) is 1. The van der Waals surface area contributed by atoms with Gasteiger partial charge < -0.3 is 14.5 Å². The first-order valence-corrected chi connectivity index (χ1v) is 10.6. The molecule has 0 saturated carbocycles. The molecule has 1 saturated heterocycles. The van der Waals surface area contributed by atoms with Crippen LogP contribution in [-0.4, -0.2) is 59.4 Å². The van der Waals surface area contributed by atoms with Gasteiger partial charge in [0.05, 0.1) is 30.4 Å². The second kappa shape index (κ2) is 8.02. The van der Waals surface area contributed by atoms with Crippen LogP contribution in [0.2, 0.25) is 0 Å². The van der Waals surface area contributed by atoms with Crippen LogP contribution in [0.25, 0.3) is 10.9 Å². The molecule has 2 aliphatic rings. The third kappa shape index (κ3) is 3.41. The van der Waals surface area contributed by atoms with Gasteiger partial charge in [0.15, 0.2) is 0 Å². The van der Waals surface area contributed by atoms with Crippen LogP contribution >= 0.6 is 0 Å². The molecule has 0 atom stereocenters. The molecule has 1 aromatic carbocycles. The first-order chi connectivity index (χ1) is 14.7. The maximum absolute atomic E-state index is 12.6. The Bertz CT molecular complexity index is 1120. The van der Waals surface area contributed by atoms with Crippen LogP contribution in [0.15, 0.2) is 35.6 Å². The Morgan fingerprint density at radius 1 is 1.03 bits per heavy atom. The van der Waals surface area contributed by atoms with E-state index in [-0.39, 0.29) is 5.56 Å². The van der Waals surface area contributed by atoms with Crippen LogP contribution in [0.4, 0.5) is 11.5 Å². The Kier molecular flexibility index (Phi) is 5.08. The van der Waals surface area contributed by atoms with Crippen molar-refractivity contribution in [3.8, 4) is 0 Å². The number of hydrogen-bond acceptors (Lipinski definition) is 7. The Balaban J connectivity index is 1.32. The molecule has 8 heteroatoms. The number of fused-ring (bicyclic) bond motifs is 2. The van der Waals surface area contributed by atoms with Crippen LogP contribution in [0.5, 0.6) is 0 Å². The van der Waals surface area contributed by atoms with Gasteiger partial charge in [-0.2, -0.15) is 0 Å². The molecular weight excluding hydrogens is 380 g/mol. The van der Waals surface area contributed by atoms with Gasteiger partial charge in [0, 0.05) is 50.2 Å². The molecule has 2 aromatic heterocycles. The van der Waals surface area contributed by atoms with Gasteiger partial charge in [-0.25, -0.2) is 15.0 Å². The molecule has 1 aliphatic carbocycles. The summed E-state index contributed by atoms with van der Waals surface area (Å²) in [5.41, 5.74) is 4.38. The quantitative estimate of drug-likeness (QED) is 0.638. The number of nitrogens with zero attached hydrogens (tertiary/aromatic N) is 6. The number of methoxy groups -OCH3 is 1. The summed E-state index contributed by atoms with van der Waals surface area (Å²) in [4.78, 5) is 30.9. The highest BCUT2D eigenvalue weighted by Crippen LogP contribution is 2.29. The van der Waals surface area contributed by atoms with E-state index in [1.165, 1.54) is 17.7 Å². The normalized spacial score (nSPS) is 16.3. The minimum Gasteiger partial charge on any atom is -0.383 e. The smallest absolute Gasteiger partial charge is 0.261 e. The van der Waals surface area contributed by atoms with E-state index in [0.29, 0.717) is 18.5 Å². The average molecular weight is 406 g/mol. The molecule has 0 amide bonds. The van der Waals surface area contributed by atoms with Crippen molar-refractivity contribution in [2.45, 2.75) is 25.8 Å². The van der Waals surface area contributed by atoms with Gasteiger partial charge in [0.2, 0.25) is 0 Å². The summed E-state index contributed by atoms with van der Waals surface area (Å²) in [6, 6.07) is 5.95. The van der Waals surface area contributed by atoms with Gasteiger partial charge in [-0.3, -0.25) is 9.36 Å². The predicted molar refractivity (Wildman–Crippen MR) is 116 cm³/mol. The van der Waals surface area contributed by atoms with E-state index < -0.39 is 0 Å².